The summed E-state index contributed by atoms with van der Waals surface area (Å²) in [6.07, 6.45) is 3.19. The molecule has 0 radical (unpaired) electrons. The zero-order valence-electron chi connectivity index (χ0n) is 18.5. The minimum Gasteiger partial charge on any atom is -0.497 e. The Hall–Kier alpha value is -3.66. The number of nitrogens with zero attached hydrogens (tertiary/aromatic N) is 2. The topological polar surface area (TPSA) is 80.2 Å². The van der Waals surface area contributed by atoms with Crippen LogP contribution in [0.1, 0.15) is 12.5 Å². The molecule has 1 atom stereocenters. The van der Waals surface area contributed by atoms with E-state index in [9.17, 15) is 18.4 Å². The van der Waals surface area contributed by atoms with Crippen LogP contribution < -0.4 is 19.7 Å². The number of methoxy groups -OCH3 is 1. The van der Waals surface area contributed by atoms with Gasteiger partial charge in [0.15, 0.2) is 5.17 Å². The number of hydrogen-bond donors (Lipinski definition) is 1. The van der Waals surface area contributed by atoms with Crippen molar-refractivity contribution < 1.29 is 27.8 Å². The first-order valence-electron chi connectivity index (χ1n) is 10.2. The van der Waals surface area contributed by atoms with E-state index in [0.717, 1.165) is 17.3 Å². The highest BCUT2D eigenvalue weighted by Crippen LogP contribution is 2.32. The highest BCUT2D eigenvalue weighted by molar-refractivity contribution is 8.15. The van der Waals surface area contributed by atoms with Gasteiger partial charge in [-0.25, -0.2) is 4.99 Å². The molecule has 1 aliphatic heterocycles. The van der Waals surface area contributed by atoms with Gasteiger partial charge in [-0.05, 0) is 55.0 Å². The molecule has 0 saturated carbocycles. The van der Waals surface area contributed by atoms with E-state index in [2.05, 4.69) is 21.6 Å². The summed E-state index contributed by atoms with van der Waals surface area (Å²) in [5.74, 6) is -0.0257. The third-order valence-electron chi connectivity index (χ3n) is 4.64. The number of carbonyl (C=O) groups is 2. The molecule has 1 N–H and O–H groups in total. The molecule has 10 heteroatoms. The van der Waals surface area contributed by atoms with Crippen molar-refractivity contribution in [2.75, 3.05) is 18.6 Å². The zero-order valence-corrected chi connectivity index (χ0v) is 19.4. The van der Waals surface area contributed by atoms with E-state index in [1.807, 2.05) is 0 Å². The van der Waals surface area contributed by atoms with E-state index < -0.39 is 17.8 Å². The lowest BCUT2D eigenvalue weighted by atomic mass is 10.2. The van der Waals surface area contributed by atoms with E-state index in [1.165, 1.54) is 29.2 Å². The maximum atomic E-state index is 13.3. The van der Waals surface area contributed by atoms with Crippen molar-refractivity contribution in [1.82, 2.24) is 5.32 Å². The second-order valence-corrected chi connectivity index (χ2v) is 8.31. The summed E-state index contributed by atoms with van der Waals surface area (Å²) in [5.41, 5.74) is 1.30. The van der Waals surface area contributed by atoms with Gasteiger partial charge in [0.1, 0.15) is 17.2 Å². The summed E-state index contributed by atoms with van der Waals surface area (Å²) in [6, 6.07) is 12.7. The van der Waals surface area contributed by atoms with Gasteiger partial charge >= 0.3 is 6.61 Å². The van der Waals surface area contributed by atoms with E-state index in [-0.39, 0.29) is 22.5 Å². The number of rotatable bonds is 9. The standard InChI is InChI=1S/C24H23F2N3O4S/c1-4-13-27-21(30)15(2)34-24-28-20(14-16-5-9-18(32-3)10-6-16)22(31)29(24)17-7-11-19(12-8-17)33-23(25)26/h4-12,14-15,23H,1,13H2,2-3H3,(H,27,30)/b20-14-. The predicted molar refractivity (Wildman–Crippen MR) is 129 cm³/mol. The smallest absolute Gasteiger partial charge is 0.387 e. The van der Waals surface area contributed by atoms with Gasteiger partial charge < -0.3 is 14.8 Å². The molecule has 1 aliphatic rings. The van der Waals surface area contributed by atoms with Crippen LogP contribution in [-0.4, -0.2) is 42.5 Å². The SMILES string of the molecule is C=CCNC(=O)C(C)SC1=N/C(=C\c2ccc(OC)cc2)C(=O)N1c1ccc(OC(F)F)cc1. The maximum absolute atomic E-state index is 13.3. The van der Waals surface area contributed by atoms with Crippen molar-refractivity contribution in [2.45, 2.75) is 18.8 Å². The van der Waals surface area contributed by atoms with Crippen LogP contribution in [0.25, 0.3) is 6.08 Å². The number of carbonyl (C=O) groups excluding carboxylic acids is 2. The molecule has 2 aromatic carbocycles. The van der Waals surface area contributed by atoms with Crippen molar-refractivity contribution in [3.8, 4) is 11.5 Å². The Bertz CT molecular complexity index is 1100. The van der Waals surface area contributed by atoms with Gasteiger partial charge in [0, 0.05) is 6.54 Å². The molecule has 0 aliphatic carbocycles. The van der Waals surface area contributed by atoms with Gasteiger partial charge in [-0.3, -0.25) is 14.5 Å². The van der Waals surface area contributed by atoms with Crippen molar-refractivity contribution in [3.05, 3.63) is 72.4 Å². The lowest BCUT2D eigenvalue weighted by Crippen LogP contribution is -2.35. The van der Waals surface area contributed by atoms with Crippen LogP contribution in [0.4, 0.5) is 14.5 Å². The van der Waals surface area contributed by atoms with Crippen LogP contribution >= 0.6 is 11.8 Å². The summed E-state index contributed by atoms with van der Waals surface area (Å²) in [6.45, 7) is 2.62. The third kappa shape index (κ3) is 6.22. The number of anilines is 1. The van der Waals surface area contributed by atoms with Gasteiger partial charge in [0.05, 0.1) is 18.0 Å². The first kappa shape index (κ1) is 25.0. The quantitative estimate of drug-likeness (QED) is 0.417. The largest absolute Gasteiger partial charge is 0.497 e. The molecule has 0 aromatic heterocycles. The Morgan fingerprint density at radius 1 is 1.18 bits per heavy atom. The molecule has 2 aromatic rings. The second-order valence-electron chi connectivity index (χ2n) is 7.00. The third-order valence-corrected chi connectivity index (χ3v) is 5.69. The normalized spacial score (nSPS) is 15.3. The van der Waals surface area contributed by atoms with Crippen LogP contribution in [0.3, 0.4) is 0 Å². The average Bonchev–Trinajstić information content (AvgIpc) is 3.12. The lowest BCUT2D eigenvalue weighted by molar-refractivity contribution is -0.120. The Balaban J connectivity index is 1.92. The number of alkyl halides is 2. The Morgan fingerprint density at radius 3 is 2.41 bits per heavy atom. The van der Waals surface area contributed by atoms with Gasteiger partial charge in [0.25, 0.3) is 5.91 Å². The number of hydrogen-bond acceptors (Lipinski definition) is 6. The average molecular weight is 488 g/mol. The number of amidine groups is 1. The predicted octanol–water partition coefficient (Wildman–Crippen LogP) is 4.46. The number of halogens is 2. The van der Waals surface area contributed by atoms with E-state index in [0.29, 0.717) is 18.0 Å². The Labute approximate surface area is 200 Å². The number of amides is 2. The molecule has 0 saturated heterocycles. The second kappa shape index (κ2) is 11.5. The Morgan fingerprint density at radius 2 is 1.82 bits per heavy atom. The van der Waals surface area contributed by atoms with Crippen LogP contribution in [0.15, 0.2) is 71.9 Å². The van der Waals surface area contributed by atoms with Crippen LogP contribution in [0.5, 0.6) is 11.5 Å². The lowest BCUT2D eigenvalue weighted by Gasteiger charge is -2.20. The first-order valence-corrected chi connectivity index (χ1v) is 11.1. The van der Waals surface area contributed by atoms with Gasteiger partial charge in [-0.1, -0.05) is 30.0 Å². The van der Waals surface area contributed by atoms with E-state index >= 15 is 0 Å². The molecule has 1 heterocycles. The van der Waals surface area contributed by atoms with Crippen LogP contribution in [-0.2, 0) is 9.59 Å². The summed E-state index contributed by atoms with van der Waals surface area (Å²) in [4.78, 5) is 31.4. The summed E-state index contributed by atoms with van der Waals surface area (Å²) in [7, 11) is 1.56. The number of aliphatic imine (C=N–C) groups is 1. The molecule has 7 nitrogen and oxygen atoms in total. The fourth-order valence-electron chi connectivity index (χ4n) is 2.97. The molecule has 34 heavy (non-hydrogen) atoms. The fourth-order valence-corrected chi connectivity index (χ4v) is 3.92. The van der Waals surface area contributed by atoms with Crippen molar-refractivity contribution in [1.29, 1.82) is 0 Å². The molecule has 1 unspecified atom stereocenters. The molecule has 178 valence electrons. The van der Waals surface area contributed by atoms with Crippen LogP contribution in [0.2, 0.25) is 0 Å². The van der Waals surface area contributed by atoms with E-state index in [1.54, 1.807) is 50.5 Å². The summed E-state index contributed by atoms with van der Waals surface area (Å²) < 4.78 is 34.5. The molecule has 3 rings (SSSR count). The number of thioether (sulfide) groups is 1. The highest BCUT2D eigenvalue weighted by Gasteiger charge is 2.34. The minimum absolute atomic E-state index is 0.0392. The van der Waals surface area contributed by atoms with Crippen LogP contribution in [0, 0.1) is 0 Å². The Kier molecular flexibility index (Phi) is 8.42. The zero-order chi connectivity index (χ0) is 24.7. The van der Waals surface area contributed by atoms with Crippen molar-refractivity contribution in [3.63, 3.8) is 0 Å². The van der Waals surface area contributed by atoms with E-state index in [4.69, 9.17) is 4.74 Å². The first-order chi connectivity index (χ1) is 16.3. The number of nitrogens with one attached hydrogen (secondary N) is 1. The monoisotopic (exact) mass is 487 g/mol. The summed E-state index contributed by atoms with van der Waals surface area (Å²) >= 11 is 1.10. The molecule has 0 fully saturated rings. The minimum atomic E-state index is -2.96. The van der Waals surface area contributed by atoms with Gasteiger partial charge in [0.2, 0.25) is 5.91 Å². The fraction of sp³-hybridized carbons (Fsp3) is 0.208. The van der Waals surface area contributed by atoms with Gasteiger partial charge in [-0.2, -0.15) is 8.78 Å². The van der Waals surface area contributed by atoms with Crippen molar-refractivity contribution in [2.24, 2.45) is 4.99 Å². The highest BCUT2D eigenvalue weighted by atomic mass is 32.2. The number of benzene rings is 2. The molecular formula is C24H23F2N3O4S. The molecular weight excluding hydrogens is 464 g/mol. The van der Waals surface area contributed by atoms with Crippen molar-refractivity contribution >= 4 is 40.5 Å². The molecule has 0 bridgehead atoms. The maximum Gasteiger partial charge on any atom is 0.387 e. The molecule has 0 spiro atoms. The number of ether oxygens (including phenoxy) is 2. The summed E-state index contributed by atoms with van der Waals surface area (Å²) in [5, 5.41) is 2.44. The molecule has 2 amide bonds. The van der Waals surface area contributed by atoms with Gasteiger partial charge in [-0.15, -0.1) is 6.58 Å².